The maximum Gasteiger partial charge on any atom is 0.238 e. The summed E-state index contributed by atoms with van der Waals surface area (Å²) in [6.45, 7) is 3.90. The number of rotatable bonds is 5. The predicted octanol–water partition coefficient (Wildman–Crippen LogP) is 4.18. The van der Waals surface area contributed by atoms with Crippen LogP contribution in [-0.4, -0.2) is 12.5 Å². The van der Waals surface area contributed by atoms with Crippen molar-refractivity contribution in [3.63, 3.8) is 0 Å². The summed E-state index contributed by atoms with van der Waals surface area (Å²) < 4.78 is 5.26. The van der Waals surface area contributed by atoms with Gasteiger partial charge in [-0.25, -0.2) is 0 Å². The molecule has 4 nitrogen and oxygen atoms in total. The van der Waals surface area contributed by atoms with E-state index in [0.29, 0.717) is 15.7 Å². The first-order valence-electron chi connectivity index (χ1n) is 6.50. The SMILES string of the molecule is Cc1ccc(Cl)c(NC(=O)CN[C@H](C)c2ccco2)c1Cl. The molecule has 2 rings (SSSR count). The van der Waals surface area contributed by atoms with Crippen LogP contribution in [0.5, 0.6) is 0 Å². The van der Waals surface area contributed by atoms with Crippen LogP contribution in [0.1, 0.15) is 24.3 Å². The quantitative estimate of drug-likeness (QED) is 0.866. The number of benzene rings is 1. The van der Waals surface area contributed by atoms with Crippen molar-refractivity contribution in [1.29, 1.82) is 0 Å². The molecule has 0 bridgehead atoms. The van der Waals surface area contributed by atoms with E-state index in [1.54, 1.807) is 24.5 Å². The Labute approximate surface area is 133 Å². The molecular formula is C15H16Cl2N2O2. The molecule has 2 aromatic rings. The van der Waals surface area contributed by atoms with Gasteiger partial charge in [0.25, 0.3) is 0 Å². The Hall–Kier alpha value is -1.49. The number of aryl methyl sites for hydroxylation is 1. The van der Waals surface area contributed by atoms with Gasteiger partial charge in [0, 0.05) is 0 Å². The second-order valence-corrected chi connectivity index (χ2v) is 5.50. The normalized spacial score (nSPS) is 12.2. The molecule has 6 heteroatoms. The van der Waals surface area contributed by atoms with Gasteiger partial charge in [-0.2, -0.15) is 0 Å². The second-order valence-electron chi connectivity index (χ2n) is 4.72. The molecule has 0 aliphatic rings. The molecule has 0 saturated carbocycles. The summed E-state index contributed by atoms with van der Waals surface area (Å²) in [7, 11) is 0. The zero-order valence-electron chi connectivity index (χ0n) is 11.7. The van der Waals surface area contributed by atoms with Crippen molar-refractivity contribution in [3.05, 3.63) is 51.9 Å². The molecule has 112 valence electrons. The predicted molar refractivity (Wildman–Crippen MR) is 85.0 cm³/mol. The van der Waals surface area contributed by atoms with E-state index in [2.05, 4.69) is 10.6 Å². The molecular weight excluding hydrogens is 311 g/mol. The fourth-order valence-electron chi connectivity index (χ4n) is 1.84. The summed E-state index contributed by atoms with van der Waals surface area (Å²) >= 11 is 12.2. The number of hydrogen-bond donors (Lipinski definition) is 2. The molecule has 0 radical (unpaired) electrons. The van der Waals surface area contributed by atoms with Crippen LogP contribution in [0, 0.1) is 6.92 Å². The molecule has 1 aromatic carbocycles. The van der Waals surface area contributed by atoms with Crippen LogP contribution < -0.4 is 10.6 Å². The van der Waals surface area contributed by atoms with Crippen molar-refractivity contribution in [2.75, 3.05) is 11.9 Å². The van der Waals surface area contributed by atoms with Gasteiger partial charge in [-0.1, -0.05) is 29.3 Å². The Bertz CT molecular complexity index is 627. The minimum Gasteiger partial charge on any atom is -0.468 e. The van der Waals surface area contributed by atoms with Gasteiger partial charge in [0.1, 0.15) is 5.76 Å². The van der Waals surface area contributed by atoms with E-state index < -0.39 is 0 Å². The Balaban J connectivity index is 1.95. The number of amides is 1. The standard InChI is InChI=1S/C15H16Cl2N2O2/c1-9-5-6-11(16)15(14(9)17)19-13(20)8-18-10(2)12-4-3-7-21-12/h3-7,10,18H,8H2,1-2H3,(H,19,20)/t10-/m1/s1. The van der Waals surface area contributed by atoms with Crippen LogP contribution >= 0.6 is 23.2 Å². The van der Waals surface area contributed by atoms with E-state index in [4.69, 9.17) is 27.6 Å². The van der Waals surface area contributed by atoms with Crippen LogP contribution in [0.2, 0.25) is 10.0 Å². The smallest absolute Gasteiger partial charge is 0.238 e. The van der Waals surface area contributed by atoms with Gasteiger partial charge >= 0.3 is 0 Å². The van der Waals surface area contributed by atoms with E-state index in [9.17, 15) is 4.79 Å². The number of anilines is 1. The minimum absolute atomic E-state index is 0.0609. The third kappa shape index (κ3) is 4.00. The van der Waals surface area contributed by atoms with E-state index in [1.165, 1.54) is 0 Å². The molecule has 1 amide bonds. The highest BCUT2D eigenvalue weighted by Gasteiger charge is 2.13. The Morgan fingerprint density at radius 3 is 2.76 bits per heavy atom. The van der Waals surface area contributed by atoms with Gasteiger partial charge in [0.15, 0.2) is 0 Å². The highest BCUT2D eigenvalue weighted by Crippen LogP contribution is 2.32. The number of carbonyl (C=O) groups is 1. The van der Waals surface area contributed by atoms with E-state index in [0.717, 1.165) is 11.3 Å². The molecule has 2 N–H and O–H groups in total. The first-order valence-corrected chi connectivity index (χ1v) is 7.26. The summed E-state index contributed by atoms with van der Waals surface area (Å²) in [5, 5.41) is 6.66. The van der Waals surface area contributed by atoms with Crippen molar-refractivity contribution in [1.82, 2.24) is 5.32 Å². The lowest BCUT2D eigenvalue weighted by Gasteiger charge is -2.13. The topological polar surface area (TPSA) is 54.3 Å². The summed E-state index contributed by atoms with van der Waals surface area (Å²) in [5.74, 6) is 0.553. The van der Waals surface area contributed by atoms with Crippen LogP contribution in [0.4, 0.5) is 5.69 Å². The van der Waals surface area contributed by atoms with Crippen molar-refractivity contribution in [2.45, 2.75) is 19.9 Å². The minimum atomic E-state index is -0.220. The Kier molecular flexibility index (Phi) is 5.28. The van der Waals surface area contributed by atoms with Crippen molar-refractivity contribution in [2.24, 2.45) is 0 Å². The number of nitrogens with one attached hydrogen (secondary N) is 2. The molecule has 0 unspecified atom stereocenters. The lowest BCUT2D eigenvalue weighted by Crippen LogP contribution is -2.30. The Morgan fingerprint density at radius 1 is 1.33 bits per heavy atom. The molecule has 1 aromatic heterocycles. The van der Waals surface area contributed by atoms with Crippen LogP contribution in [0.3, 0.4) is 0 Å². The highest BCUT2D eigenvalue weighted by atomic mass is 35.5. The number of halogens is 2. The van der Waals surface area contributed by atoms with E-state index >= 15 is 0 Å². The fourth-order valence-corrected chi connectivity index (χ4v) is 2.30. The zero-order valence-corrected chi connectivity index (χ0v) is 13.3. The lowest BCUT2D eigenvalue weighted by molar-refractivity contribution is -0.115. The molecule has 1 heterocycles. The van der Waals surface area contributed by atoms with E-state index in [-0.39, 0.29) is 18.5 Å². The molecule has 0 aliphatic heterocycles. The third-order valence-corrected chi connectivity index (χ3v) is 3.89. The van der Waals surface area contributed by atoms with Gasteiger partial charge < -0.3 is 9.73 Å². The van der Waals surface area contributed by atoms with Crippen LogP contribution in [-0.2, 0) is 4.79 Å². The van der Waals surface area contributed by atoms with Crippen LogP contribution in [0.25, 0.3) is 0 Å². The van der Waals surface area contributed by atoms with Crippen molar-refractivity contribution in [3.8, 4) is 0 Å². The second kappa shape index (κ2) is 6.98. The summed E-state index contributed by atoms with van der Waals surface area (Å²) in [4.78, 5) is 12.0. The van der Waals surface area contributed by atoms with Crippen molar-refractivity contribution < 1.29 is 9.21 Å². The zero-order chi connectivity index (χ0) is 15.4. The average molecular weight is 327 g/mol. The maximum atomic E-state index is 12.0. The number of hydrogen-bond acceptors (Lipinski definition) is 3. The summed E-state index contributed by atoms with van der Waals surface area (Å²) in [6.07, 6.45) is 1.60. The lowest BCUT2D eigenvalue weighted by atomic mass is 10.2. The number of furan rings is 1. The highest BCUT2D eigenvalue weighted by molar-refractivity contribution is 6.40. The average Bonchev–Trinajstić information content (AvgIpc) is 2.99. The largest absolute Gasteiger partial charge is 0.468 e. The molecule has 21 heavy (non-hydrogen) atoms. The monoisotopic (exact) mass is 326 g/mol. The van der Waals surface area contributed by atoms with Gasteiger partial charge in [0.05, 0.1) is 34.6 Å². The Morgan fingerprint density at radius 2 is 2.10 bits per heavy atom. The van der Waals surface area contributed by atoms with Crippen molar-refractivity contribution >= 4 is 34.8 Å². The van der Waals surface area contributed by atoms with Crippen LogP contribution in [0.15, 0.2) is 34.9 Å². The molecule has 0 fully saturated rings. The summed E-state index contributed by atoms with van der Waals surface area (Å²) in [5.41, 5.74) is 1.30. The molecule has 0 spiro atoms. The van der Waals surface area contributed by atoms with Gasteiger partial charge in [-0.15, -0.1) is 0 Å². The summed E-state index contributed by atoms with van der Waals surface area (Å²) in [6, 6.07) is 7.10. The maximum absolute atomic E-state index is 12.0. The van der Waals surface area contributed by atoms with Gasteiger partial charge in [-0.3, -0.25) is 10.1 Å². The first-order chi connectivity index (χ1) is 9.99. The molecule has 0 aliphatic carbocycles. The first kappa shape index (κ1) is 15.9. The molecule has 0 saturated heterocycles. The fraction of sp³-hybridized carbons (Fsp3) is 0.267. The van der Waals surface area contributed by atoms with Gasteiger partial charge in [0.2, 0.25) is 5.91 Å². The van der Waals surface area contributed by atoms with Gasteiger partial charge in [-0.05, 0) is 37.6 Å². The molecule has 1 atom stereocenters. The number of carbonyl (C=O) groups excluding carboxylic acids is 1. The third-order valence-electron chi connectivity index (χ3n) is 3.09. The van der Waals surface area contributed by atoms with E-state index in [1.807, 2.05) is 19.9 Å².